The van der Waals surface area contributed by atoms with Crippen molar-refractivity contribution in [2.75, 3.05) is 26.2 Å². The number of aryl methyl sites for hydroxylation is 2. The van der Waals surface area contributed by atoms with Crippen LogP contribution >= 0.6 is 0 Å². The van der Waals surface area contributed by atoms with E-state index >= 15 is 0 Å². The summed E-state index contributed by atoms with van der Waals surface area (Å²) in [5.41, 5.74) is -2.89. The van der Waals surface area contributed by atoms with Gasteiger partial charge in [-0.2, -0.15) is 30.6 Å². The molecule has 1 aromatic carbocycles. The fraction of sp³-hybridized carbons (Fsp3) is 0.444. The molecule has 7 nitrogen and oxygen atoms in total. The maximum atomic E-state index is 13.1. The molecule has 0 N–H and O–H groups in total. The van der Waals surface area contributed by atoms with E-state index in [-0.39, 0.29) is 55.7 Å². The number of halogens is 6. The van der Waals surface area contributed by atoms with Crippen molar-refractivity contribution in [2.45, 2.75) is 31.1 Å². The Hall–Kier alpha value is -2.61. The first kappa shape index (κ1) is 24.0. The molecule has 0 atom stereocenters. The maximum Gasteiger partial charge on any atom is 0.416 e. The number of piperazine rings is 1. The van der Waals surface area contributed by atoms with Gasteiger partial charge in [0.25, 0.3) is 5.91 Å². The Morgan fingerprint density at radius 2 is 1.44 bits per heavy atom. The predicted octanol–water partition coefficient (Wildman–Crippen LogP) is 3.48. The topological polar surface area (TPSA) is 83.7 Å². The molecule has 176 valence electrons. The fourth-order valence-corrected chi connectivity index (χ4v) is 4.80. The number of hydrogen-bond acceptors (Lipinski definition) is 5. The zero-order valence-corrected chi connectivity index (χ0v) is 17.5. The van der Waals surface area contributed by atoms with E-state index in [4.69, 9.17) is 4.52 Å². The second kappa shape index (κ2) is 8.06. The van der Waals surface area contributed by atoms with Crippen LogP contribution in [-0.2, 0) is 22.4 Å². The second-order valence-electron chi connectivity index (χ2n) is 7.14. The van der Waals surface area contributed by atoms with E-state index in [1.54, 1.807) is 6.92 Å². The summed E-state index contributed by atoms with van der Waals surface area (Å²) in [7, 11) is -4.68. The highest BCUT2D eigenvalue weighted by molar-refractivity contribution is 7.89. The Labute approximate surface area is 178 Å². The van der Waals surface area contributed by atoms with Crippen LogP contribution in [0.3, 0.4) is 0 Å². The lowest BCUT2D eigenvalue weighted by Gasteiger charge is -2.34. The van der Waals surface area contributed by atoms with Crippen LogP contribution < -0.4 is 0 Å². The van der Waals surface area contributed by atoms with Crippen LogP contribution in [0.5, 0.6) is 0 Å². The third-order valence-corrected chi connectivity index (χ3v) is 6.85. The van der Waals surface area contributed by atoms with Crippen molar-refractivity contribution in [1.82, 2.24) is 14.4 Å². The van der Waals surface area contributed by atoms with Crippen LogP contribution in [0.25, 0.3) is 0 Å². The van der Waals surface area contributed by atoms with Gasteiger partial charge in [0.1, 0.15) is 11.3 Å². The Morgan fingerprint density at radius 3 is 1.84 bits per heavy atom. The molecule has 1 saturated heterocycles. The van der Waals surface area contributed by atoms with Gasteiger partial charge in [0.05, 0.1) is 21.7 Å². The number of rotatable bonds is 3. The Balaban J connectivity index is 1.86. The smallest absolute Gasteiger partial charge is 0.361 e. The number of nitrogens with zero attached hydrogens (tertiary/aromatic N) is 3. The highest BCUT2D eigenvalue weighted by Crippen LogP contribution is 2.38. The van der Waals surface area contributed by atoms with E-state index in [2.05, 4.69) is 5.16 Å². The molecule has 14 heteroatoms. The molecular formula is C18H17F6N3O4S. The van der Waals surface area contributed by atoms with E-state index in [1.807, 2.05) is 0 Å². The molecule has 0 spiro atoms. The molecule has 0 bridgehead atoms. The number of amides is 1. The first-order valence-electron chi connectivity index (χ1n) is 9.14. The molecule has 1 fully saturated rings. The first-order valence-corrected chi connectivity index (χ1v) is 10.6. The van der Waals surface area contributed by atoms with Crippen LogP contribution in [0.15, 0.2) is 27.6 Å². The summed E-state index contributed by atoms with van der Waals surface area (Å²) in [6.07, 6.45) is -10.4. The van der Waals surface area contributed by atoms with E-state index < -0.39 is 44.3 Å². The van der Waals surface area contributed by atoms with Crippen molar-refractivity contribution in [3.05, 3.63) is 46.3 Å². The molecule has 1 aliphatic heterocycles. The highest BCUT2D eigenvalue weighted by atomic mass is 32.2. The summed E-state index contributed by atoms with van der Waals surface area (Å²) >= 11 is 0. The molecule has 0 radical (unpaired) electrons. The minimum Gasteiger partial charge on any atom is -0.361 e. The summed E-state index contributed by atoms with van der Waals surface area (Å²) in [6, 6.07) is 0.206. The molecule has 0 unspecified atom stereocenters. The van der Waals surface area contributed by atoms with E-state index in [1.165, 1.54) is 11.8 Å². The van der Waals surface area contributed by atoms with Gasteiger partial charge in [-0.3, -0.25) is 4.79 Å². The Morgan fingerprint density at radius 1 is 0.938 bits per heavy atom. The van der Waals surface area contributed by atoms with Gasteiger partial charge in [-0.05, 0) is 32.0 Å². The summed E-state index contributed by atoms with van der Waals surface area (Å²) in [5, 5.41) is 3.67. The number of carbonyl (C=O) groups excluding carboxylic acids is 1. The van der Waals surface area contributed by atoms with Gasteiger partial charge >= 0.3 is 12.4 Å². The average molecular weight is 485 g/mol. The van der Waals surface area contributed by atoms with E-state index in [0.29, 0.717) is 5.69 Å². The molecule has 1 aromatic heterocycles. The van der Waals surface area contributed by atoms with Crippen molar-refractivity contribution in [3.63, 3.8) is 0 Å². The van der Waals surface area contributed by atoms with Crippen molar-refractivity contribution in [2.24, 2.45) is 0 Å². The molecule has 0 aliphatic carbocycles. The van der Waals surface area contributed by atoms with E-state index in [9.17, 15) is 39.6 Å². The molecular weight excluding hydrogens is 468 g/mol. The lowest BCUT2D eigenvalue weighted by Crippen LogP contribution is -2.50. The SMILES string of the molecule is Cc1noc(C)c1C(=O)N1CCN(S(=O)(=O)c2cc(C(F)(F)F)cc(C(F)(F)F)c2)CC1. The first-order chi connectivity index (χ1) is 14.6. The molecule has 32 heavy (non-hydrogen) atoms. The van der Waals surface area contributed by atoms with Crippen LogP contribution in [0.4, 0.5) is 26.3 Å². The normalized spacial score (nSPS) is 16.4. The molecule has 2 heterocycles. The quantitative estimate of drug-likeness (QED) is 0.622. The van der Waals surface area contributed by atoms with Crippen molar-refractivity contribution in [3.8, 4) is 0 Å². The summed E-state index contributed by atoms with van der Waals surface area (Å²) in [4.78, 5) is 12.8. The lowest BCUT2D eigenvalue weighted by molar-refractivity contribution is -0.143. The van der Waals surface area contributed by atoms with Crippen LogP contribution in [0.2, 0.25) is 0 Å². The van der Waals surface area contributed by atoms with Gasteiger partial charge in [-0.1, -0.05) is 5.16 Å². The third-order valence-electron chi connectivity index (χ3n) is 4.97. The van der Waals surface area contributed by atoms with Crippen LogP contribution in [0.1, 0.15) is 32.9 Å². The Kier molecular flexibility index (Phi) is 6.06. The Bertz CT molecular complexity index is 1080. The van der Waals surface area contributed by atoms with Crippen molar-refractivity contribution < 1.29 is 44.1 Å². The number of sulfonamides is 1. The van der Waals surface area contributed by atoms with Gasteiger partial charge in [-0.25, -0.2) is 8.42 Å². The monoisotopic (exact) mass is 485 g/mol. The molecule has 1 aliphatic rings. The zero-order chi connectivity index (χ0) is 24.1. The van der Waals surface area contributed by atoms with Crippen molar-refractivity contribution >= 4 is 15.9 Å². The molecule has 0 saturated carbocycles. The minimum absolute atomic E-state index is 0.118. The molecule has 2 aromatic rings. The van der Waals surface area contributed by atoms with Gasteiger partial charge in [0.2, 0.25) is 10.0 Å². The van der Waals surface area contributed by atoms with Gasteiger partial charge in [-0.15, -0.1) is 0 Å². The van der Waals surface area contributed by atoms with Crippen molar-refractivity contribution in [1.29, 1.82) is 0 Å². The zero-order valence-electron chi connectivity index (χ0n) is 16.7. The average Bonchev–Trinajstić information content (AvgIpc) is 3.04. The lowest BCUT2D eigenvalue weighted by atomic mass is 10.1. The van der Waals surface area contributed by atoms with Crippen LogP contribution in [-0.4, -0.2) is 54.9 Å². The number of carbonyl (C=O) groups is 1. The minimum atomic E-state index is -5.18. The largest absolute Gasteiger partial charge is 0.416 e. The summed E-state index contributed by atoms with van der Waals surface area (Å²) < 4.78 is 110. The van der Waals surface area contributed by atoms with Gasteiger partial charge in [0.15, 0.2) is 0 Å². The molecule has 3 rings (SSSR count). The van der Waals surface area contributed by atoms with E-state index in [0.717, 1.165) is 4.31 Å². The maximum absolute atomic E-state index is 13.1. The second-order valence-corrected chi connectivity index (χ2v) is 9.07. The fourth-order valence-electron chi connectivity index (χ4n) is 3.30. The number of hydrogen-bond donors (Lipinski definition) is 0. The highest BCUT2D eigenvalue weighted by Gasteiger charge is 2.40. The third kappa shape index (κ3) is 4.60. The number of benzene rings is 1. The van der Waals surface area contributed by atoms with Crippen LogP contribution in [0, 0.1) is 13.8 Å². The standard InChI is InChI=1S/C18H17F6N3O4S/c1-10-15(11(2)31-25-10)16(28)26-3-5-27(6-4-26)32(29,30)14-8-12(17(19,20)21)7-13(9-14)18(22,23)24/h7-9H,3-6H2,1-2H3. The summed E-state index contributed by atoms with van der Waals surface area (Å²) in [5.74, 6) is -0.192. The predicted molar refractivity (Wildman–Crippen MR) is 97.1 cm³/mol. The number of alkyl halides is 6. The number of aromatic nitrogens is 1. The molecule has 1 amide bonds. The summed E-state index contributed by atoms with van der Waals surface area (Å²) in [6.45, 7) is 2.22. The van der Waals surface area contributed by atoms with Gasteiger partial charge in [0, 0.05) is 26.2 Å². The van der Waals surface area contributed by atoms with Gasteiger partial charge < -0.3 is 9.42 Å².